The smallest absolute Gasteiger partial charge is 0.222 e. The van der Waals surface area contributed by atoms with E-state index in [2.05, 4.69) is 29.1 Å². The second-order valence-electron chi connectivity index (χ2n) is 6.68. The van der Waals surface area contributed by atoms with Crippen LogP contribution in [0.1, 0.15) is 23.3 Å². The molecule has 1 fully saturated rings. The van der Waals surface area contributed by atoms with Gasteiger partial charge >= 0.3 is 0 Å². The first kappa shape index (κ1) is 18.6. The Morgan fingerprint density at radius 1 is 1.15 bits per heavy atom. The summed E-state index contributed by atoms with van der Waals surface area (Å²) in [5.41, 5.74) is 8.10. The minimum absolute atomic E-state index is 0.281. The molecule has 3 rings (SSSR count). The third-order valence-electron chi connectivity index (χ3n) is 4.67. The lowest BCUT2D eigenvalue weighted by molar-refractivity contribution is -0.132. The number of hydrogen-bond donors (Lipinski definition) is 1. The Morgan fingerprint density at radius 3 is 2.54 bits per heavy atom. The molecule has 1 aliphatic rings. The minimum atomic E-state index is 0.281. The number of carbonyl (C=O) groups excluding carboxylic acids is 1. The largest absolute Gasteiger partial charge is 0.383 e. The zero-order valence-electron chi connectivity index (χ0n) is 15.2. The van der Waals surface area contributed by atoms with Gasteiger partial charge in [-0.2, -0.15) is 0 Å². The summed E-state index contributed by atoms with van der Waals surface area (Å²) in [5.74, 6) is 0.827. The van der Waals surface area contributed by atoms with Crippen LogP contribution in [0.3, 0.4) is 0 Å². The summed E-state index contributed by atoms with van der Waals surface area (Å²) in [5, 5.41) is 1.99. The van der Waals surface area contributed by atoms with E-state index in [9.17, 15) is 4.79 Å². The molecule has 138 valence electrons. The molecule has 0 atom stereocenters. The Balaban J connectivity index is 1.46. The van der Waals surface area contributed by atoms with Gasteiger partial charge in [0, 0.05) is 32.6 Å². The van der Waals surface area contributed by atoms with Gasteiger partial charge in [-0.3, -0.25) is 4.79 Å². The summed E-state index contributed by atoms with van der Waals surface area (Å²) in [6, 6.07) is 12.0. The van der Waals surface area contributed by atoms with Gasteiger partial charge in [-0.25, -0.2) is 4.99 Å². The molecular formula is C20H26N4OS. The van der Waals surface area contributed by atoms with Crippen molar-refractivity contribution in [2.75, 3.05) is 33.2 Å². The van der Waals surface area contributed by atoms with Crippen molar-refractivity contribution in [1.29, 1.82) is 0 Å². The Morgan fingerprint density at radius 2 is 1.88 bits per heavy atom. The van der Waals surface area contributed by atoms with Gasteiger partial charge in [0.25, 0.3) is 0 Å². The molecule has 5 nitrogen and oxygen atoms in total. The lowest BCUT2D eigenvalue weighted by Gasteiger charge is -2.32. The number of carbonyl (C=O) groups is 1. The maximum absolute atomic E-state index is 12.3. The summed E-state index contributed by atoms with van der Waals surface area (Å²) in [6.45, 7) is 3.66. The van der Waals surface area contributed by atoms with Crippen LogP contribution < -0.4 is 5.73 Å². The molecule has 2 N–H and O–H groups in total. The quantitative estimate of drug-likeness (QED) is 0.628. The molecule has 26 heavy (non-hydrogen) atoms. The van der Waals surface area contributed by atoms with E-state index in [0.717, 1.165) is 49.6 Å². The molecule has 1 aliphatic heterocycles. The molecule has 0 bridgehead atoms. The second-order valence-corrected chi connectivity index (χ2v) is 7.63. The molecule has 1 saturated heterocycles. The van der Waals surface area contributed by atoms with E-state index in [4.69, 9.17) is 5.73 Å². The van der Waals surface area contributed by atoms with Crippen molar-refractivity contribution in [3.8, 4) is 0 Å². The first-order chi connectivity index (χ1) is 12.6. The Bertz CT molecular complexity index is 732. The van der Waals surface area contributed by atoms with E-state index in [1.807, 2.05) is 34.5 Å². The molecule has 2 aromatic rings. The highest BCUT2D eigenvalue weighted by Gasteiger charge is 2.18. The molecule has 0 radical (unpaired) electrons. The van der Waals surface area contributed by atoms with Crippen LogP contribution in [-0.4, -0.2) is 54.8 Å². The Hall–Kier alpha value is -2.18. The van der Waals surface area contributed by atoms with E-state index in [-0.39, 0.29) is 5.91 Å². The van der Waals surface area contributed by atoms with E-state index >= 15 is 0 Å². The fraction of sp³-hybridized carbons (Fsp3) is 0.400. The number of hydrogen-bond acceptors (Lipinski definition) is 4. The van der Waals surface area contributed by atoms with Crippen LogP contribution in [0.2, 0.25) is 0 Å². The maximum Gasteiger partial charge on any atom is 0.222 e. The molecule has 0 unspecified atom stereocenters. The number of amides is 1. The normalized spacial score (nSPS) is 16.0. The predicted octanol–water partition coefficient (Wildman–Crippen LogP) is 2.88. The summed E-state index contributed by atoms with van der Waals surface area (Å²) in [4.78, 5) is 22.0. The van der Waals surface area contributed by atoms with E-state index in [1.54, 1.807) is 11.3 Å². The monoisotopic (exact) mass is 370 g/mol. The van der Waals surface area contributed by atoms with Crippen LogP contribution in [0.4, 0.5) is 5.69 Å². The Kier molecular flexibility index (Phi) is 6.41. The molecule has 1 amide bonds. The molecule has 2 heterocycles. The topological polar surface area (TPSA) is 61.9 Å². The predicted molar refractivity (Wildman–Crippen MR) is 108 cm³/mol. The van der Waals surface area contributed by atoms with Crippen molar-refractivity contribution < 1.29 is 4.79 Å². The van der Waals surface area contributed by atoms with Crippen molar-refractivity contribution in [1.82, 2.24) is 9.80 Å². The van der Waals surface area contributed by atoms with Gasteiger partial charge in [0.1, 0.15) is 5.84 Å². The van der Waals surface area contributed by atoms with Crippen molar-refractivity contribution in [2.45, 2.75) is 19.3 Å². The van der Waals surface area contributed by atoms with Gasteiger partial charge in [0.2, 0.25) is 5.91 Å². The molecule has 1 aromatic carbocycles. The van der Waals surface area contributed by atoms with E-state index in [0.29, 0.717) is 12.3 Å². The molecule has 1 aromatic heterocycles. The van der Waals surface area contributed by atoms with Crippen LogP contribution in [0, 0.1) is 0 Å². The standard InChI is InChI=1S/C20H26N4OS/c1-23-11-13-24(14-12-23)19(25)6-2-4-16-7-9-17(10-8-16)22-20(21)18-5-3-15-26-18/h3,5,7-10,15H,2,4,6,11-14H2,1H3,(H2,21,22). The van der Waals surface area contributed by atoms with Crippen LogP contribution in [0.25, 0.3) is 0 Å². The van der Waals surface area contributed by atoms with Crippen molar-refractivity contribution in [3.63, 3.8) is 0 Å². The van der Waals surface area contributed by atoms with Gasteiger partial charge in [-0.15, -0.1) is 11.3 Å². The second kappa shape index (κ2) is 8.96. The third-order valence-corrected chi connectivity index (χ3v) is 5.56. The number of rotatable bonds is 6. The highest BCUT2D eigenvalue weighted by Crippen LogP contribution is 2.17. The molecular weight excluding hydrogens is 344 g/mol. The van der Waals surface area contributed by atoms with Crippen LogP contribution >= 0.6 is 11.3 Å². The van der Waals surface area contributed by atoms with Gasteiger partial charge in [0.05, 0.1) is 10.6 Å². The highest BCUT2D eigenvalue weighted by atomic mass is 32.1. The fourth-order valence-electron chi connectivity index (χ4n) is 3.01. The number of nitrogens with two attached hydrogens (primary N) is 1. The van der Waals surface area contributed by atoms with Gasteiger partial charge in [0.15, 0.2) is 0 Å². The lowest BCUT2D eigenvalue weighted by Crippen LogP contribution is -2.47. The number of benzene rings is 1. The van der Waals surface area contributed by atoms with Crippen molar-refractivity contribution in [3.05, 3.63) is 52.2 Å². The SMILES string of the molecule is CN1CCN(C(=O)CCCc2ccc(N=C(N)c3cccs3)cc2)CC1. The molecule has 6 heteroatoms. The molecule has 0 saturated carbocycles. The van der Waals surface area contributed by atoms with Gasteiger partial charge < -0.3 is 15.5 Å². The first-order valence-corrected chi connectivity index (χ1v) is 9.93. The van der Waals surface area contributed by atoms with Crippen LogP contribution in [-0.2, 0) is 11.2 Å². The number of aliphatic imine (C=N–C) groups is 1. The number of piperazine rings is 1. The summed E-state index contributed by atoms with van der Waals surface area (Å²) < 4.78 is 0. The highest BCUT2D eigenvalue weighted by molar-refractivity contribution is 7.12. The summed E-state index contributed by atoms with van der Waals surface area (Å²) >= 11 is 1.58. The third kappa shape index (κ3) is 5.16. The van der Waals surface area contributed by atoms with Crippen LogP contribution in [0.15, 0.2) is 46.8 Å². The number of likely N-dealkylation sites (N-methyl/N-ethyl adjacent to an activating group) is 1. The van der Waals surface area contributed by atoms with Gasteiger partial charge in [-0.05, 0) is 49.0 Å². The number of amidine groups is 1. The number of thiophene rings is 1. The molecule has 0 aliphatic carbocycles. The number of aryl methyl sites for hydroxylation is 1. The summed E-state index contributed by atoms with van der Waals surface area (Å²) in [6.07, 6.45) is 2.41. The zero-order valence-corrected chi connectivity index (χ0v) is 16.0. The van der Waals surface area contributed by atoms with E-state index < -0.39 is 0 Å². The fourth-order valence-corrected chi connectivity index (χ4v) is 3.64. The maximum atomic E-state index is 12.3. The minimum Gasteiger partial charge on any atom is -0.383 e. The average Bonchev–Trinajstić information content (AvgIpc) is 3.18. The molecule has 0 spiro atoms. The van der Waals surface area contributed by atoms with Gasteiger partial charge in [-0.1, -0.05) is 18.2 Å². The Labute approximate surface area is 159 Å². The van der Waals surface area contributed by atoms with Crippen LogP contribution in [0.5, 0.6) is 0 Å². The zero-order chi connectivity index (χ0) is 18.4. The van der Waals surface area contributed by atoms with Crippen molar-refractivity contribution in [2.24, 2.45) is 10.7 Å². The van der Waals surface area contributed by atoms with Crippen molar-refractivity contribution >= 4 is 28.8 Å². The summed E-state index contributed by atoms with van der Waals surface area (Å²) in [7, 11) is 2.10. The average molecular weight is 371 g/mol. The lowest BCUT2D eigenvalue weighted by atomic mass is 10.1. The number of nitrogens with zero attached hydrogens (tertiary/aromatic N) is 3. The van der Waals surface area contributed by atoms with E-state index in [1.165, 1.54) is 5.56 Å². The first-order valence-electron chi connectivity index (χ1n) is 9.05.